The van der Waals surface area contributed by atoms with Gasteiger partial charge in [0.15, 0.2) is 29.7 Å². The van der Waals surface area contributed by atoms with Crippen molar-refractivity contribution in [1.82, 2.24) is 5.32 Å². The molecule has 0 aromatic heterocycles. The zero-order chi connectivity index (χ0) is 23.3. The van der Waals surface area contributed by atoms with Gasteiger partial charge in [-0.05, 0) is 33.8 Å². The van der Waals surface area contributed by atoms with Crippen LogP contribution in [0.25, 0.3) is 0 Å². The predicted molar refractivity (Wildman–Crippen MR) is 106 cm³/mol. The maximum absolute atomic E-state index is 12.9. The van der Waals surface area contributed by atoms with E-state index in [1.165, 1.54) is 18.2 Å². The van der Waals surface area contributed by atoms with Crippen LogP contribution >= 0.6 is 0 Å². The van der Waals surface area contributed by atoms with Gasteiger partial charge in [-0.15, -0.1) is 0 Å². The molecule has 6 atom stereocenters. The van der Waals surface area contributed by atoms with Gasteiger partial charge in [0.25, 0.3) is 5.91 Å². The summed E-state index contributed by atoms with van der Waals surface area (Å²) in [4.78, 5) is 25.1. The molecule has 0 spiro atoms. The van der Waals surface area contributed by atoms with Crippen LogP contribution < -0.4 is 15.9 Å². The van der Waals surface area contributed by atoms with Crippen molar-refractivity contribution in [3.8, 4) is 0 Å². The largest absolute Gasteiger partial charge is 0.595 e. The minimum absolute atomic E-state index is 0.0331. The normalized spacial score (nSPS) is 33.1. The minimum Gasteiger partial charge on any atom is -0.595 e. The summed E-state index contributed by atoms with van der Waals surface area (Å²) in [5.41, 5.74) is 0.333. The maximum Gasteiger partial charge on any atom is 0.252 e. The first-order valence-corrected chi connectivity index (χ1v) is 10.2. The second kappa shape index (κ2) is 8.32. The maximum atomic E-state index is 12.9. The van der Waals surface area contributed by atoms with E-state index in [0.717, 1.165) is 0 Å². The molecular weight excluding hydrogens is 426 g/mol. The Kier molecular flexibility index (Phi) is 5.98. The summed E-state index contributed by atoms with van der Waals surface area (Å²) in [5.74, 6) is -2.96. The fraction of sp³-hybridized carbons (Fsp3) is 0.600. The van der Waals surface area contributed by atoms with Crippen LogP contribution in [-0.2, 0) is 33.3 Å². The molecule has 1 aromatic carbocycles. The van der Waals surface area contributed by atoms with Crippen LogP contribution in [-0.4, -0.2) is 65.8 Å². The average Bonchev–Trinajstić information content (AvgIpc) is 3.19. The highest BCUT2D eigenvalue weighted by Crippen LogP contribution is 2.44. The van der Waals surface area contributed by atoms with E-state index in [1.54, 1.807) is 33.8 Å². The number of rotatable bonds is 5. The van der Waals surface area contributed by atoms with Crippen molar-refractivity contribution in [2.75, 3.05) is 11.9 Å². The number of amides is 2. The molecule has 2 amide bonds. The first-order chi connectivity index (χ1) is 14.9. The number of carbonyl (C=O) groups excluding carboxylic acids is 2. The minimum atomic E-state index is -1.11. The summed E-state index contributed by atoms with van der Waals surface area (Å²) in [6.07, 6.45) is -3.81. The summed E-state index contributed by atoms with van der Waals surface area (Å²) in [6, 6.07) is 5.79. The Morgan fingerprint density at radius 2 is 1.72 bits per heavy atom. The summed E-state index contributed by atoms with van der Waals surface area (Å²) in [5, 5.41) is 24.1. The quantitative estimate of drug-likeness (QED) is 0.434. The Morgan fingerprint density at radius 1 is 1.06 bits per heavy atom. The molecule has 12 heteroatoms. The Hall–Kier alpha value is -2.16. The number of carbonyl (C=O) groups is 2. The lowest BCUT2D eigenvalue weighted by atomic mass is 9.98. The second-order valence-electron chi connectivity index (χ2n) is 8.74. The van der Waals surface area contributed by atoms with Gasteiger partial charge in [0.2, 0.25) is 5.91 Å². The summed E-state index contributed by atoms with van der Waals surface area (Å²) >= 11 is 0. The van der Waals surface area contributed by atoms with E-state index in [2.05, 4.69) is 10.6 Å². The van der Waals surface area contributed by atoms with Crippen LogP contribution in [0.1, 0.15) is 27.7 Å². The zero-order valence-corrected chi connectivity index (χ0v) is 18.1. The van der Waals surface area contributed by atoms with Gasteiger partial charge in [-0.1, -0.05) is 6.07 Å². The molecule has 0 aliphatic carbocycles. The average molecular weight is 453 g/mol. The van der Waals surface area contributed by atoms with Gasteiger partial charge in [0.05, 0.1) is 6.54 Å². The summed E-state index contributed by atoms with van der Waals surface area (Å²) in [6.45, 7) is 6.59. The van der Waals surface area contributed by atoms with Crippen LogP contribution in [0.5, 0.6) is 0 Å². The highest BCUT2D eigenvalue weighted by Gasteiger charge is 2.62. The molecule has 3 aliphatic rings. The lowest BCUT2D eigenvalue weighted by Crippen LogP contribution is -2.99. The van der Waals surface area contributed by atoms with Gasteiger partial charge >= 0.3 is 0 Å². The number of ether oxygens (including phenoxy) is 5. The number of nitrogens with one attached hydrogen (secondary N) is 3. The molecule has 3 saturated heterocycles. The van der Waals surface area contributed by atoms with Crippen LogP contribution in [0.2, 0.25) is 0 Å². The monoisotopic (exact) mass is 453 g/mol. The van der Waals surface area contributed by atoms with E-state index in [-0.39, 0.29) is 12.2 Å². The van der Waals surface area contributed by atoms with E-state index < -0.39 is 59.3 Å². The molecule has 32 heavy (non-hydrogen) atoms. The first-order valence-electron chi connectivity index (χ1n) is 10.2. The van der Waals surface area contributed by atoms with Crippen molar-refractivity contribution in [2.24, 2.45) is 0 Å². The lowest BCUT2D eigenvalue weighted by Gasteiger charge is -2.36. The van der Waals surface area contributed by atoms with Gasteiger partial charge in [-0.25, -0.2) is 5.21 Å². The summed E-state index contributed by atoms with van der Waals surface area (Å²) in [7, 11) is 0. The topological polar surface area (TPSA) is 152 Å². The molecule has 3 fully saturated rings. The van der Waals surface area contributed by atoms with Gasteiger partial charge in [-0.3, -0.25) is 9.59 Å². The third-order valence-corrected chi connectivity index (χ3v) is 5.23. The van der Waals surface area contributed by atoms with Crippen molar-refractivity contribution in [3.63, 3.8) is 0 Å². The molecule has 176 valence electrons. The molecule has 0 bridgehead atoms. The molecule has 0 radical (unpaired) electrons. The van der Waals surface area contributed by atoms with Gasteiger partial charge in [0, 0.05) is 17.8 Å². The molecule has 0 saturated carbocycles. The summed E-state index contributed by atoms with van der Waals surface area (Å²) < 4.78 is 29.4. The molecule has 3 aliphatic heterocycles. The van der Waals surface area contributed by atoms with Crippen molar-refractivity contribution in [2.45, 2.75) is 70.0 Å². The van der Waals surface area contributed by atoms with E-state index in [1.807, 2.05) is 0 Å². The molecule has 3 heterocycles. The van der Waals surface area contributed by atoms with E-state index in [0.29, 0.717) is 5.69 Å². The first kappa shape index (κ1) is 23.0. The predicted octanol–water partition coefficient (Wildman–Crippen LogP) is -0.459. The number of quaternary nitrogens is 1. The lowest BCUT2D eigenvalue weighted by molar-refractivity contribution is -0.991. The number of benzene rings is 1. The Balaban J connectivity index is 1.39. The van der Waals surface area contributed by atoms with Crippen molar-refractivity contribution in [1.29, 1.82) is 0 Å². The molecule has 4 rings (SSSR count). The third kappa shape index (κ3) is 4.77. The fourth-order valence-corrected chi connectivity index (χ4v) is 4.03. The number of hydrogen-bond donors (Lipinski definition) is 4. The number of fused-ring (bicyclic) bond motifs is 3. The number of anilines is 1. The van der Waals surface area contributed by atoms with Gasteiger partial charge < -0.3 is 39.5 Å². The molecular formula is C20H27N3O9. The molecule has 4 N–H and O–H groups in total. The van der Waals surface area contributed by atoms with E-state index in [4.69, 9.17) is 28.9 Å². The highest BCUT2D eigenvalue weighted by molar-refractivity contribution is 5.95. The standard InChI is InChI=1S/C20H27N3O9/c1-19(2)29-13-14(30-19)16-18(32-20(3,4)31-16)28-15(13)17(25)21-9-12(24)22-10-6-5-7-11(8-10)23(26)27/h5-8,13-16,18,23,26H,9H2,1-4H3,(H,21,25)(H,22,24)/t13-,14+,15?,16-,18-/m1/s1. The van der Waals surface area contributed by atoms with Crippen LogP contribution in [0.4, 0.5) is 11.4 Å². The molecule has 12 nitrogen and oxygen atoms in total. The van der Waals surface area contributed by atoms with Crippen molar-refractivity contribution in [3.05, 3.63) is 29.5 Å². The molecule has 1 aromatic rings. The Labute approximate surface area is 184 Å². The van der Waals surface area contributed by atoms with Crippen molar-refractivity contribution < 1.29 is 43.7 Å². The number of hydrogen-bond acceptors (Lipinski definition) is 9. The Bertz CT molecular complexity index is 891. The van der Waals surface area contributed by atoms with E-state index in [9.17, 15) is 14.8 Å². The van der Waals surface area contributed by atoms with Crippen molar-refractivity contribution >= 4 is 23.2 Å². The smallest absolute Gasteiger partial charge is 0.252 e. The van der Waals surface area contributed by atoms with Gasteiger partial charge in [-0.2, -0.15) is 5.23 Å². The van der Waals surface area contributed by atoms with E-state index >= 15 is 0 Å². The van der Waals surface area contributed by atoms with Crippen LogP contribution in [0.3, 0.4) is 0 Å². The Morgan fingerprint density at radius 3 is 2.44 bits per heavy atom. The highest BCUT2D eigenvalue weighted by atomic mass is 16.9. The SMILES string of the molecule is CC1(C)O[C@H]2OC(C(=O)NCC(=O)Nc3cccc([NH+]([O-])O)c3)[C@@H]3OC(C)(C)O[C@@H]3[C@H]2O1. The fourth-order valence-electron chi connectivity index (χ4n) is 4.03. The third-order valence-electron chi connectivity index (χ3n) is 5.23. The molecule has 2 unspecified atom stereocenters. The second-order valence-corrected chi connectivity index (χ2v) is 8.74. The zero-order valence-electron chi connectivity index (χ0n) is 18.1. The van der Waals surface area contributed by atoms with Crippen LogP contribution in [0.15, 0.2) is 24.3 Å². The van der Waals surface area contributed by atoms with Gasteiger partial charge in [0.1, 0.15) is 18.3 Å². The van der Waals surface area contributed by atoms with Crippen LogP contribution in [0, 0.1) is 5.21 Å².